The van der Waals surface area contributed by atoms with E-state index in [0.717, 1.165) is 4.47 Å². The Morgan fingerprint density at radius 3 is 2.21 bits per heavy atom. The van der Waals surface area contributed by atoms with Gasteiger partial charge in [0.2, 0.25) is 0 Å². The third kappa shape index (κ3) is 4.36. The topological polar surface area (TPSA) is 84.4 Å². The molecule has 0 saturated carbocycles. The van der Waals surface area contributed by atoms with Crippen molar-refractivity contribution in [3.8, 4) is 0 Å². The number of sulfonamides is 1. The number of nitrogens with zero attached hydrogens (tertiary/aromatic N) is 3. The predicted molar refractivity (Wildman–Crippen MR) is 117 cm³/mol. The SMILES string of the molecule is C[C@@H]1CN(c2nc3ccccc3nc2NS(=O)(=O)c2ccc(Br)cc2)C[C@H](C)O1. The lowest BCUT2D eigenvalue weighted by atomic mass is 10.2. The molecular weight excluding hydrogens is 456 g/mol. The van der Waals surface area contributed by atoms with Crippen molar-refractivity contribution in [3.63, 3.8) is 0 Å². The number of para-hydroxylation sites is 2. The van der Waals surface area contributed by atoms with Crippen LogP contribution in [0, 0.1) is 0 Å². The van der Waals surface area contributed by atoms with Crippen LogP contribution in [-0.4, -0.2) is 43.7 Å². The zero-order chi connectivity index (χ0) is 20.6. The van der Waals surface area contributed by atoms with Crippen LogP contribution in [-0.2, 0) is 14.8 Å². The first kappa shape index (κ1) is 20.1. The van der Waals surface area contributed by atoms with E-state index in [1.807, 2.05) is 43.0 Å². The molecule has 0 bridgehead atoms. The molecule has 9 heteroatoms. The largest absolute Gasteiger partial charge is 0.372 e. The normalized spacial score (nSPS) is 20.0. The van der Waals surface area contributed by atoms with Gasteiger partial charge in [0.15, 0.2) is 11.6 Å². The molecule has 2 atom stereocenters. The number of hydrogen-bond donors (Lipinski definition) is 1. The minimum Gasteiger partial charge on any atom is -0.372 e. The fourth-order valence-corrected chi connectivity index (χ4v) is 4.70. The summed E-state index contributed by atoms with van der Waals surface area (Å²) in [4.78, 5) is 11.5. The van der Waals surface area contributed by atoms with Crippen LogP contribution in [0.15, 0.2) is 57.9 Å². The van der Waals surface area contributed by atoms with Crippen molar-refractivity contribution in [1.82, 2.24) is 9.97 Å². The Hall–Kier alpha value is -2.23. The van der Waals surface area contributed by atoms with Gasteiger partial charge in [-0.25, -0.2) is 18.4 Å². The van der Waals surface area contributed by atoms with Gasteiger partial charge in [-0.2, -0.15) is 0 Å². The van der Waals surface area contributed by atoms with Gasteiger partial charge in [0.05, 0.1) is 28.1 Å². The number of ether oxygens (including phenoxy) is 1. The van der Waals surface area contributed by atoms with Gasteiger partial charge in [0, 0.05) is 17.6 Å². The molecule has 4 rings (SSSR count). The Balaban J connectivity index is 1.78. The maximum absolute atomic E-state index is 13.0. The summed E-state index contributed by atoms with van der Waals surface area (Å²) in [7, 11) is -3.82. The van der Waals surface area contributed by atoms with Crippen molar-refractivity contribution in [2.24, 2.45) is 0 Å². The van der Waals surface area contributed by atoms with Crippen molar-refractivity contribution in [2.45, 2.75) is 31.0 Å². The van der Waals surface area contributed by atoms with E-state index in [4.69, 9.17) is 9.72 Å². The first-order chi connectivity index (χ1) is 13.8. The Labute approximate surface area is 178 Å². The van der Waals surface area contributed by atoms with Gasteiger partial charge < -0.3 is 9.64 Å². The molecule has 29 heavy (non-hydrogen) atoms. The minimum absolute atomic E-state index is 0.00273. The summed E-state index contributed by atoms with van der Waals surface area (Å²) in [5, 5.41) is 0. The summed E-state index contributed by atoms with van der Waals surface area (Å²) in [5.41, 5.74) is 1.33. The van der Waals surface area contributed by atoms with Crippen LogP contribution in [0.1, 0.15) is 13.8 Å². The molecule has 0 unspecified atom stereocenters. The van der Waals surface area contributed by atoms with Crippen LogP contribution < -0.4 is 9.62 Å². The Morgan fingerprint density at radius 2 is 1.59 bits per heavy atom. The van der Waals surface area contributed by atoms with Crippen LogP contribution in [0.4, 0.5) is 11.6 Å². The second-order valence-corrected chi connectivity index (χ2v) is 9.70. The number of anilines is 2. The number of halogens is 1. The highest BCUT2D eigenvalue weighted by Gasteiger charge is 2.28. The highest BCUT2D eigenvalue weighted by molar-refractivity contribution is 9.10. The van der Waals surface area contributed by atoms with Crippen molar-refractivity contribution >= 4 is 48.6 Å². The number of nitrogens with one attached hydrogen (secondary N) is 1. The molecule has 7 nitrogen and oxygen atoms in total. The number of morpholine rings is 1. The van der Waals surface area contributed by atoms with Gasteiger partial charge in [-0.05, 0) is 50.2 Å². The molecule has 1 aliphatic rings. The van der Waals surface area contributed by atoms with Gasteiger partial charge >= 0.3 is 0 Å². The Morgan fingerprint density at radius 1 is 1.00 bits per heavy atom. The zero-order valence-corrected chi connectivity index (χ0v) is 18.4. The number of benzene rings is 2. The molecule has 1 saturated heterocycles. The molecular formula is C20H21BrN4O3S. The predicted octanol–water partition coefficient (Wildman–Crippen LogP) is 3.81. The lowest BCUT2D eigenvalue weighted by Gasteiger charge is -2.36. The van der Waals surface area contributed by atoms with Gasteiger partial charge in [0.1, 0.15) is 0 Å². The molecule has 2 aromatic carbocycles. The first-order valence-corrected chi connectivity index (χ1v) is 11.5. The summed E-state index contributed by atoms with van der Waals surface area (Å²) in [5.74, 6) is 0.722. The third-order valence-electron chi connectivity index (χ3n) is 4.63. The van der Waals surface area contributed by atoms with Crippen LogP contribution in [0.3, 0.4) is 0 Å². The lowest BCUT2D eigenvalue weighted by molar-refractivity contribution is -0.00540. The van der Waals surface area contributed by atoms with Crippen LogP contribution >= 0.6 is 15.9 Å². The molecule has 0 spiro atoms. The van der Waals surface area contributed by atoms with Crippen LogP contribution in [0.25, 0.3) is 11.0 Å². The molecule has 0 aliphatic carbocycles. The number of hydrogen-bond acceptors (Lipinski definition) is 6. The van der Waals surface area contributed by atoms with E-state index in [1.165, 1.54) is 0 Å². The lowest BCUT2D eigenvalue weighted by Crippen LogP contribution is -2.46. The molecule has 0 amide bonds. The number of fused-ring (bicyclic) bond motifs is 1. The van der Waals surface area contributed by atoms with E-state index in [2.05, 4.69) is 25.6 Å². The van der Waals surface area contributed by atoms with Crippen LogP contribution in [0.5, 0.6) is 0 Å². The summed E-state index contributed by atoms with van der Waals surface area (Å²) in [6, 6.07) is 13.9. The maximum atomic E-state index is 13.0. The Kier molecular flexibility index (Phi) is 5.46. The summed E-state index contributed by atoms with van der Waals surface area (Å²) in [6.07, 6.45) is 0.00546. The Bertz CT molecular complexity index is 1130. The minimum atomic E-state index is -3.82. The smallest absolute Gasteiger partial charge is 0.263 e. The van der Waals surface area contributed by atoms with Crippen molar-refractivity contribution in [3.05, 3.63) is 53.0 Å². The number of rotatable bonds is 4. The van der Waals surface area contributed by atoms with Crippen LogP contribution in [0.2, 0.25) is 0 Å². The van der Waals surface area contributed by atoms with E-state index >= 15 is 0 Å². The third-order valence-corrected chi connectivity index (χ3v) is 6.51. The van der Waals surface area contributed by atoms with E-state index in [9.17, 15) is 8.42 Å². The van der Waals surface area contributed by atoms with Gasteiger partial charge in [-0.15, -0.1) is 0 Å². The molecule has 1 fully saturated rings. The van der Waals surface area contributed by atoms with E-state index in [0.29, 0.717) is 29.9 Å². The quantitative estimate of drug-likeness (QED) is 0.616. The summed E-state index contributed by atoms with van der Waals surface area (Å²) < 4.78 is 35.2. The van der Waals surface area contributed by atoms with Gasteiger partial charge in [-0.3, -0.25) is 4.72 Å². The average Bonchev–Trinajstić information content (AvgIpc) is 2.66. The second-order valence-electron chi connectivity index (χ2n) is 7.11. The second kappa shape index (κ2) is 7.89. The standard InChI is InChI=1S/C20H21BrN4O3S/c1-13-11-25(12-14(2)28-13)20-19(22-17-5-3-4-6-18(17)23-20)24-29(26,27)16-9-7-15(21)8-10-16/h3-10,13-14H,11-12H2,1-2H3,(H,22,24)/t13-,14+. The number of aromatic nitrogens is 2. The van der Waals surface area contributed by atoms with Gasteiger partial charge in [0.25, 0.3) is 10.0 Å². The molecule has 0 radical (unpaired) electrons. The molecule has 1 aromatic heterocycles. The molecule has 152 valence electrons. The van der Waals surface area contributed by atoms with Gasteiger partial charge in [-0.1, -0.05) is 28.1 Å². The molecule has 1 aliphatic heterocycles. The highest BCUT2D eigenvalue weighted by Crippen LogP contribution is 2.29. The van der Waals surface area contributed by atoms with Crippen molar-refractivity contribution < 1.29 is 13.2 Å². The van der Waals surface area contributed by atoms with E-state index < -0.39 is 10.0 Å². The molecule has 2 heterocycles. The molecule has 3 aromatic rings. The molecule has 1 N–H and O–H groups in total. The zero-order valence-electron chi connectivity index (χ0n) is 16.0. The van der Waals surface area contributed by atoms with E-state index in [1.54, 1.807) is 24.3 Å². The summed E-state index contributed by atoms with van der Waals surface area (Å²) in [6.45, 7) is 5.18. The van der Waals surface area contributed by atoms with Crippen molar-refractivity contribution in [2.75, 3.05) is 22.7 Å². The monoisotopic (exact) mass is 476 g/mol. The van der Waals surface area contributed by atoms with E-state index in [-0.39, 0.29) is 22.9 Å². The first-order valence-electron chi connectivity index (χ1n) is 9.27. The summed E-state index contributed by atoms with van der Waals surface area (Å²) >= 11 is 3.32. The maximum Gasteiger partial charge on any atom is 0.263 e. The highest BCUT2D eigenvalue weighted by atomic mass is 79.9. The van der Waals surface area contributed by atoms with Crippen molar-refractivity contribution in [1.29, 1.82) is 0 Å². The fourth-order valence-electron chi connectivity index (χ4n) is 3.43. The average molecular weight is 477 g/mol. The fraction of sp³-hybridized carbons (Fsp3) is 0.300.